The number of carbonyl (C=O) groups is 2. The number of likely N-dealkylation sites (N-methyl/N-ethyl adjacent to an activating group) is 1. The van der Waals surface area contributed by atoms with Gasteiger partial charge in [-0.1, -0.05) is 23.2 Å². The average Bonchev–Trinajstić information content (AvgIpc) is 3.40. The first kappa shape index (κ1) is 28.2. The molecule has 2 N–H and O–H groups in total. The largest absolute Gasteiger partial charge is 0.495 e. The third kappa shape index (κ3) is 5.89. The summed E-state index contributed by atoms with van der Waals surface area (Å²) in [5.74, 6) is 1.02. The van der Waals surface area contributed by atoms with Gasteiger partial charge in [-0.3, -0.25) is 14.5 Å². The Bertz CT molecular complexity index is 1570. The number of anilines is 3. The minimum Gasteiger partial charge on any atom is -0.495 e. The molecule has 0 radical (unpaired) electrons. The number of nitrogens with zero attached hydrogens (tertiary/aromatic N) is 5. The maximum Gasteiger partial charge on any atom is 0.258 e. The van der Waals surface area contributed by atoms with Gasteiger partial charge in [-0.15, -0.1) is 11.3 Å². The lowest BCUT2D eigenvalue weighted by molar-refractivity contribution is 0.0875. The second-order valence-corrected chi connectivity index (χ2v) is 11.1. The third-order valence-corrected chi connectivity index (χ3v) is 8.54. The van der Waals surface area contributed by atoms with Crippen LogP contribution in [0, 0.1) is 6.92 Å². The van der Waals surface area contributed by atoms with E-state index in [1.165, 1.54) is 24.8 Å². The van der Waals surface area contributed by atoms with Gasteiger partial charge in [0.25, 0.3) is 5.91 Å². The molecule has 0 unspecified atom stereocenters. The smallest absolute Gasteiger partial charge is 0.258 e. The number of nitrogens with one attached hydrogen (secondary N) is 2. The van der Waals surface area contributed by atoms with Crippen LogP contribution in [-0.2, 0) is 0 Å². The highest BCUT2D eigenvalue weighted by Gasteiger charge is 2.22. The van der Waals surface area contributed by atoms with E-state index in [-0.39, 0.29) is 16.5 Å². The molecule has 0 bridgehead atoms. The van der Waals surface area contributed by atoms with E-state index in [1.807, 2.05) is 0 Å². The summed E-state index contributed by atoms with van der Waals surface area (Å²) < 4.78 is 5.97. The predicted molar refractivity (Wildman–Crippen MR) is 159 cm³/mol. The van der Waals surface area contributed by atoms with E-state index < -0.39 is 5.91 Å². The van der Waals surface area contributed by atoms with E-state index in [0.717, 1.165) is 26.2 Å². The summed E-state index contributed by atoms with van der Waals surface area (Å²) in [6.45, 7) is 5.83. The minimum atomic E-state index is -0.423. The summed E-state index contributed by atoms with van der Waals surface area (Å²) in [5, 5.41) is 8.20. The number of piperazine rings is 1. The van der Waals surface area contributed by atoms with E-state index in [9.17, 15) is 9.59 Å². The number of thiophene rings is 1. The number of carbonyl (C=O) groups excluding carboxylic acids is 2. The monoisotopic (exact) mass is 599 g/mol. The quantitative estimate of drug-likeness (QED) is 0.266. The molecule has 1 aliphatic rings. The molecule has 0 atom stereocenters. The Hall–Kier alpha value is -3.35. The third-order valence-electron chi connectivity index (χ3n) is 6.70. The highest BCUT2D eigenvalue weighted by Crippen LogP contribution is 2.41. The molecule has 1 saturated heterocycles. The summed E-state index contributed by atoms with van der Waals surface area (Å²) in [6.07, 6.45) is 2.94. The van der Waals surface area contributed by atoms with Gasteiger partial charge in [-0.25, -0.2) is 15.0 Å². The minimum absolute atomic E-state index is 0.0355. The van der Waals surface area contributed by atoms with Crippen molar-refractivity contribution in [2.75, 3.05) is 57.5 Å². The highest BCUT2D eigenvalue weighted by atomic mass is 35.5. The number of pyridine rings is 1. The zero-order valence-corrected chi connectivity index (χ0v) is 24.5. The lowest BCUT2D eigenvalue weighted by Crippen LogP contribution is -2.46. The fraction of sp³-hybridized carbons (Fsp3) is 0.296. The number of benzene rings is 1. The van der Waals surface area contributed by atoms with Crippen molar-refractivity contribution in [2.45, 2.75) is 6.92 Å². The van der Waals surface area contributed by atoms with Gasteiger partial charge in [0.05, 0.1) is 40.1 Å². The number of ether oxygens (including phenoxy) is 1. The number of halogens is 2. The zero-order chi connectivity index (χ0) is 28.4. The van der Waals surface area contributed by atoms with Crippen molar-refractivity contribution >= 4 is 73.8 Å². The van der Waals surface area contributed by atoms with E-state index in [4.69, 9.17) is 27.9 Å². The molecule has 10 nitrogen and oxygen atoms in total. The van der Waals surface area contributed by atoms with Crippen LogP contribution in [0.3, 0.4) is 0 Å². The average molecular weight is 601 g/mol. The second-order valence-electron chi connectivity index (χ2n) is 9.46. The van der Waals surface area contributed by atoms with E-state index in [1.54, 1.807) is 36.7 Å². The number of Topliss-reactive ketones (excluding diaryl/α,β-unsaturated/α-hetero) is 1. The van der Waals surface area contributed by atoms with Crippen LogP contribution in [0.4, 0.5) is 17.3 Å². The Morgan fingerprint density at radius 2 is 1.88 bits per heavy atom. The molecule has 0 saturated carbocycles. The van der Waals surface area contributed by atoms with E-state index in [2.05, 4.69) is 42.4 Å². The van der Waals surface area contributed by atoms with Crippen molar-refractivity contribution in [2.24, 2.45) is 0 Å². The standard InChI is InChI=1S/C27H27Cl2N7O3S/c1-15-10-19(39-3)22(29)24(21(15)28)34-27(38)17-13-40-25-23(17)31-14-32-26(25)33-20-5-4-16(11-30-20)18(37)12-36-8-6-35(2)7-9-36/h4-5,10-11,13-14H,6-9,12H2,1-3H3,(H,34,38)(H,30,31,32,33). The molecule has 0 spiro atoms. The number of ketones is 1. The van der Waals surface area contributed by atoms with Crippen LogP contribution in [0.15, 0.2) is 36.1 Å². The van der Waals surface area contributed by atoms with Gasteiger partial charge in [0.15, 0.2) is 11.6 Å². The number of hydrogen-bond donors (Lipinski definition) is 2. The molecule has 1 amide bonds. The summed E-state index contributed by atoms with van der Waals surface area (Å²) in [7, 11) is 3.58. The highest BCUT2D eigenvalue weighted by molar-refractivity contribution is 7.18. The lowest BCUT2D eigenvalue weighted by Gasteiger charge is -2.31. The molecule has 4 aromatic rings. The molecule has 1 fully saturated rings. The first-order chi connectivity index (χ1) is 19.2. The summed E-state index contributed by atoms with van der Waals surface area (Å²) >= 11 is 14.2. The number of amides is 1. The maximum atomic E-state index is 13.2. The van der Waals surface area contributed by atoms with E-state index >= 15 is 0 Å². The van der Waals surface area contributed by atoms with Gasteiger partial charge in [-0.05, 0) is 37.7 Å². The molecule has 208 valence electrons. The lowest BCUT2D eigenvalue weighted by atomic mass is 10.1. The Balaban J connectivity index is 1.31. The Morgan fingerprint density at radius 3 is 2.58 bits per heavy atom. The van der Waals surface area contributed by atoms with Gasteiger partial charge in [0.2, 0.25) is 0 Å². The van der Waals surface area contributed by atoms with Crippen molar-refractivity contribution < 1.29 is 14.3 Å². The van der Waals surface area contributed by atoms with Crippen LogP contribution in [0.5, 0.6) is 5.75 Å². The first-order valence-corrected chi connectivity index (χ1v) is 14.1. The Kier molecular flexibility index (Phi) is 8.48. The van der Waals surface area contributed by atoms with E-state index in [0.29, 0.717) is 55.9 Å². The Labute approximate surface area is 245 Å². The molecule has 0 aliphatic carbocycles. The fourth-order valence-corrected chi connectivity index (χ4v) is 5.80. The molecular formula is C27H27Cl2N7O3S. The van der Waals surface area contributed by atoms with Crippen LogP contribution in [0.2, 0.25) is 10.0 Å². The number of aryl methyl sites for hydroxylation is 1. The molecular weight excluding hydrogens is 573 g/mol. The van der Waals surface area contributed by atoms with Crippen LogP contribution in [-0.4, -0.2) is 83.3 Å². The molecule has 1 aliphatic heterocycles. The SMILES string of the molecule is COc1cc(C)c(Cl)c(NC(=O)c2csc3c(Nc4ccc(C(=O)CN5CCN(C)CC5)cn4)ncnc23)c1Cl. The number of rotatable bonds is 8. The van der Waals surface area contributed by atoms with Crippen molar-refractivity contribution in [3.05, 3.63) is 62.8 Å². The maximum absolute atomic E-state index is 13.2. The molecule has 13 heteroatoms. The van der Waals surface area contributed by atoms with Gasteiger partial charge in [0, 0.05) is 43.3 Å². The van der Waals surface area contributed by atoms with Gasteiger partial charge < -0.3 is 20.3 Å². The summed E-state index contributed by atoms with van der Waals surface area (Å²) in [5.41, 5.74) is 2.34. The summed E-state index contributed by atoms with van der Waals surface area (Å²) in [6, 6.07) is 5.19. The van der Waals surface area contributed by atoms with Crippen molar-refractivity contribution in [1.29, 1.82) is 0 Å². The van der Waals surface area contributed by atoms with Crippen molar-refractivity contribution in [3.63, 3.8) is 0 Å². The molecule has 3 aromatic heterocycles. The molecule has 1 aromatic carbocycles. The number of aromatic nitrogens is 3. The van der Waals surface area contributed by atoms with Crippen molar-refractivity contribution in [3.8, 4) is 5.75 Å². The topological polar surface area (TPSA) is 113 Å². The first-order valence-electron chi connectivity index (χ1n) is 12.5. The normalized spacial score (nSPS) is 14.3. The van der Waals surface area contributed by atoms with Gasteiger partial charge in [0.1, 0.15) is 22.9 Å². The molecule has 4 heterocycles. The fourth-order valence-electron chi connectivity index (χ4n) is 4.33. The van der Waals surface area contributed by atoms with Crippen molar-refractivity contribution in [1.82, 2.24) is 24.8 Å². The van der Waals surface area contributed by atoms with Gasteiger partial charge >= 0.3 is 0 Å². The van der Waals surface area contributed by atoms with Crippen LogP contribution < -0.4 is 15.4 Å². The molecule has 40 heavy (non-hydrogen) atoms. The number of methoxy groups -OCH3 is 1. The number of hydrogen-bond acceptors (Lipinski definition) is 10. The van der Waals surface area contributed by atoms with Crippen LogP contribution in [0.1, 0.15) is 26.3 Å². The number of fused-ring (bicyclic) bond motifs is 1. The molecule has 5 rings (SSSR count). The van der Waals surface area contributed by atoms with Gasteiger partial charge in [-0.2, -0.15) is 0 Å². The second kappa shape index (κ2) is 12.0. The Morgan fingerprint density at radius 1 is 1.10 bits per heavy atom. The zero-order valence-electron chi connectivity index (χ0n) is 22.1. The van der Waals surface area contributed by atoms with Crippen LogP contribution >= 0.6 is 34.5 Å². The summed E-state index contributed by atoms with van der Waals surface area (Å²) in [4.78, 5) is 43.5. The predicted octanol–water partition coefficient (Wildman–Crippen LogP) is 5.14. The van der Waals surface area contributed by atoms with Crippen LogP contribution in [0.25, 0.3) is 10.2 Å².